The first-order valence-electron chi connectivity index (χ1n) is 9.09. The van der Waals surface area contributed by atoms with Crippen molar-refractivity contribution in [1.82, 2.24) is 30.1 Å². The van der Waals surface area contributed by atoms with E-state index in [0.29, 0.717) is 23.3 Å². The topological polar surface area (TPSA) is 101 Å². The number of nitrogens with zero attached hydrogens (tertiary/aromatic N) is 6. The summed E-state index contributed by atoms with van der Waals surface area (Å²) in [7, 11) is 1.58. The van der Waals surface area contributed by atoms with Crippen LogP contribution in [0.5, 0.6) is 5.88 Å². The maximum absolute atomic E-state index is 5.47. The number of ether oxygens (including phenoxy) is 2. The normalized spacial score (nSPS) is 15.2. The summed E-state index contributed by atoms with van der Waals surface area (Å²) in [6, 6.07) is 9.84. The summed E-state index contributed by atoms with van der Waals surface area (Å²) in [5, 5.41) is 13.5. The van der Waals surface area contributed by atoms with Crippen LogP contribution in [0.15, 0.2) is 41.1 Å². The van der Waals surface area contributed by atoms with Crippen molar-refractivity contribution < 1.29 is 14.0 Å². The monoisotopic (exact) mass is 378 g/mol. The van der Waals surface area contributed by atoms with E-state index in [0.717, 1.165) is 42.5 Å². The van der Waals surface area contributed by atoms with Crippen LogP contribution in [-0.2, 0) is 4.74 Å². The van der Waals surface area contributed by atoms with Crippen molar-refractivity contribution in [2.24, 2.45) is 0 Å². The van der Waals surface area contributed by atoms with Crippen molar-refractivity contribution >= 4 is 10.9 Å². The number of hydrogen-bond acceptors (Lipinski definition) is 8. The number of hydrogen-bond donors (Lipinski definition) is 0. The summed E-state index contributed by atoms with van der Waals surface area (Å²) in [4.78, 5) is 8.99. The Kier molecular flexibility index (Phi) is 4.21. The SMILES string of the molecule is COc1cc(-c2noc(-c3cn(C4CCOCC4)nn3)n2)c2ccccc2n1. The Morgan fingerprint density at radius 3 is 2.86 bits per heavy atom. The second-order valence-electron chi connectivity index (χ2n) is 6.58. The lowest BCUT2D eigenvalue weighted by molar-refractivity contribution is 0.0657. The molecule has 1 aromatic carbocycles. The van der Waals surface area contributed by atoms with Crippen LogP contribution in [0.4, 0.5) is 0 Å². The second kappa shape index (κ2) is 7.01. The average Bonchev–Trinajstić information content (AvgIpc) is 3.43. The third-order valence-corrected chi connectivity index (χ3v) is 4.86. The molecule has 0 bridgehead atoms. The van der Waals surface area contributed by atoms with Gasteiger partial charge in [-0.3, -0.25) is 0 Å². The van der Waals surface area contributed by atoms with E-state index in [-0.39, 0.29) is 6.04 Å². The number of rotatable bonds is 4. The molecular formula is C19H18N6O3. The average molecular weight is 378 g/mol. The Bertz CT molecular complexity index is 1120. The standard InChI is InChI=1S/C19H18N6O3/c1-26-17-10-14(13-4-2-3-5-15(13)20-17)18-21-19(28-23-18)16-11-25(24-22-16)12-6-8-27-9-7-12/h2-5,10-12H,6-9H2,1H3. The van der Waals surface area contributed by atoms with Crippen molar-refractivity contribution in [1.29, 1.82) is 0 Å². The van der Waals surface area contributed by atoms with E-state index in [9.17, 15) is 0 Å². The molecule has 3 aromatic heterocycles. The van der Waals surface area contributed by atoms with Gasteiger partial charge in [-0.1, -0.05) is 28.6 Å². The highest BCUT2D eigenvalue weighted by molar-refractivity contribution is 5.93. The molecule has 0 atom stereocenters. The van der Waals surface area contributed by atoms with Gasteiger partial charge in [0, 0.05) is 30.2 Å². The molecule has 142 valence electrons. The van der Waals surface area contributed by atoms with Gasteiger partial charge < -0.3 is 14.0 Å². The molecule has 5 rings (SSSR count). The zero-order valence-electron chi connectivity index (χ0n) is 15.3. The molecule has 0 radical (unpaired) electrons. The molecular weight excluding hydrogens is 360 g/mol. The third-order valence-electron chi connectivity index (χ3n) is 4.86. The van der Waals surface area contributed by atoms with E-state index in [1.54, 1.807) is 13.2 Å². The Labute approximate surface area is 160 Å². The number of fused-ring (bicyclic) bond motifs is 1. The minimum Gasteiger partial charge on any atom is -0.481 e. The number of benzene rings is 1. The minimum atomic E-state index is 0.283. The van der Waals surface area contributed by atoms with Gasteiger partial charge in [0.25, 0.3) is 5.89 Å². The maximum Gasteiger partial charge on any atom is 0.280 e. The molecule has 1 saturated heterocycles. The fourth-order valence-electron chi connectivity index (χ4n) is 3.38. The molecule has 0 unspecified atom stereocenters. The Morgan fingerprint density at radius 1 is 1.14 bits per heavy atom. The number of pyridine rings is 1. The Balaban J connectivity index is 1.50. The van der Waals surface area contributed by atoms with Gasteiger partial charge in [-0.05, 0) is 18.9 Å². The van der Waals surface area contributed by atoms with Gasteiger partial charge in [-0.15, -0.1) is 5.10 Å². The molecule has 28 heavy (non-hydrogen) atoms. The summed E-state index contributed by atoms with van der Waals surface area (Å²) < 4.78 is 18.0. The maximum atomic E-state index is 5.47. The lowest BCUT2D eigenvalue weighted by atomic mass is 10.1. The summed E-state index contributed by atoms with van der Waals surface area (Å²) in [5.41, 5.74) is 2.14. The zero-order valence-corrected chi connectivity index (χ0v) is 15.3. The predicted octanol–water partition coefficient (Wildman–Crippen LogP) is 2.90. The fraction of sp³-hybridized carbons (Fsp3) is 0.316. The summed E-state index contributed by atoms with van der Waals surface area (Å²) in [6.07, 6.45) is 3.68. The molecule has 1 fully saturated rings. The van der Waals surface area contributed by atoms with Gasteiger partial charge in [0.2, 0.25) is 11.7 Å². The highest BCUT2D eigenvalue weighted by Gasteiger charge is 2.21. The summed E-state index contributed by atoms with van der Waals surface area (Å²) >= 11 is 0. The lowest BCUT2D eigenvalue weighted by Crippen LogP contribution is -2.19. The van der Waals surface area contributed by atoms with Gasteiger partial charge in [-0.25, -0.2) is 9.67 Å². The van der Waals surface area contributed by atoms with Crippen molar-refractivity contribution in [3.63, 3.8) is 0 Å². The lowest BCUT2D eigenvalue weighted by Gasteiger charge is -2.21. The van der Waals surface area contributed by atoms with Gasteiger partial charge in [0.05, 0.1) is 24.9 Å². The quantitative estimate of drug-likeness (QED) is 0.534. The van der Waals surface area contributed by atoms with Gasteiger partial charge >= 0.3 is 0 Å². The zero-order chi connectivity index (χ0) is 18.9. The van der Waals surface area contributed by atoms with Crippen LogP contribution in [-0.4, -0.2) is 50.4 Å². The Morgan fingerprint density at radius 2 is 2.00 bits per heavy atom. The first-order chi connectivity index (χ1) is 13.8. The van der Waals surface area contributed by atoms with Crippen LogP contribution in [0.1, 0.15) is 18.9 Å². The number of aromatic nitrogens is 6. The third kappa shape index (κ3) is 2.99. The van der Waals surface area contributed by atoms with Crippen LogP contribution < -0.4 is 4.74 Å². The van der Waals surface area contributed by atoms with E-state index in [4.69, 9.17) is 14.0 Å². The first kappa shape index (κ1) is 16.8. The van der Waals surface area contributed by atoms with Crippen molar-refractivity contribution in [2.45, 2.75) is 18.9 Å². The highest BCUT2D eigenvalue weighted by Crippen LogP contribution is 2.30. The molecule has 1 aliphatic rings. The number of para-hydroxylation sites is 1. The fourth-order valence-corrected chi connectivity index (χ4v) is 3.38. The molecule has 9 nitrogen and oxygen atoms in total. The van der Waals surface area contributed by atoms with Crippen LogP contribution >= 0.6 is 0 Å². The molecule has 4 heterocycles. The highest BCUT2D eigenvalue weighted by atomic mass is 16.5. The molecule has 0 amide bonds. The van der Waals surface area contributed by atoms with Crippen LogP contribution in [0.2, 0.25) is 0 Å². The molecule has 1 aliphatic heterocycles. The van der Waals surface area contributed by atoms with E-state index >= 15 is 0 Å². The molecule has 0 saturated carbocycles. The van der Waals surface area contributed by atoms with Crippen LogP contribution in [0.25, 0.3) is 33.9 Å². The van der Waals surface area contributed by atoms with Crippen LogP contribution in [0.3, 0.4) is 0 Å². The summed E-state index contributed by atoms with van der Waals surface area (Å²) in [5.74, 6) is 1.27. The molecule has 0 spiro atoms. The summed E-state index contributed by atoms with van der Waals surface area (Å²) in [6.45, 7) is 1.48. The van der Waals surface area contributed by atoms with E-state index in [1.165, 1.54) is 0 Å². The number of methoxy groups -OCH3 is 1. The van der Waals surface area contributed by atoms with Gasteiger partial charge in [0.1, 0.15) is 0 Å². The van der Waals surface area contributed by atoms with Crippen molar-refractivity contribution in [3.8, 4) is 28.9 Å². The minimum absolute atomic E-state index is 0.283. The first-order valence-corrected chi connectivity index (χ1v) is 9.09. The smallest absolute Gasteiger partial charge is 0.280 e. The molecule has 0 aliphatic carbocycles. The van der Waals surface area contributed by atoms with E-state index < -0.39 is 0 Å². The van der Waals surface area contributed by atoms with E-state index in [1.807, 2.05) is 35.1 Å². The van der Waals surface area contributed by atoms with Crippen molar-refractivity contribution in [2.75, 3.05) is 20.3 Å². The van der Waals surface area contributed by atoms with Crippen LogP contribution in [0, 0.1) is 0 Å². The molecule has 0 N–H and O–H groups in total. The molecule has 4 aromatic rings. The van der Waals surface area contributed by atoms with Gasteiger partial charge in [-0.2, -0.15) is 4.98 Å². The van der Waals surface area contributed by atoms with E-state index in [2.05, 4.69) is 25.4 Å². The second-order valence-corrected chi connectivity index (χ2v) is 6.58. The Hall–Kier alpha value is -3.33. The molecule has 9 heteroatoms. The van der Waals surface area contributed by atoms with Crippen molar-refractivity contribution in [3.05, 3.63) is 36.5 Å². The largest absolute Gasteiger partial charge is 0.481 e. The predicted molar refractivity (Wildman–Crippen MR) is 99.7 cm³/mol. The van der Waals surface area contributed by atoms with Gasteiger partial charge in [0.15, 0.2) is 5.69 Å².